The van der Waals surface area contributed by atoms with E-state index in [1.165, 1.54) is 0 Å². The van der Waals surface area contributed by atoms with Crippen molar-refractivity contribution in [2.45, 2.75) is 31.8 Å². The second-order valence-corrected chi connectivity index (χ2v) is 7.09. The van der Waals surface area contributed by atoms with Crippen LogP contribution in [0.2, 0.25) is 0 Å². The maximum absolute atomic E-state index is 13.4. The Labute approximate surface area is 165 Å². The van der Waals surface area contributed by atoms with Crippen LogP contribution in [0.5, 0.6) is 0 Å². The first-order chi connectivity index (χ1) is 13.8. The van der Waals surface area contributed by atoms with Gasteiger partial charge in [0.1, 0.15) is 0 Å². The monoisotopic (exact) mass is 375 g/mol. The molecular weight excluding hydrogens is 350 g/mol. The van der Waals surface area contributed by atoms with Gasteiger partial charge in [0.15, 0.2) is 0 Å². The number of pyridine rings is 1. The van der Waals surface area contributed by atoms with Crippen LogP contribution in [-0.4, -0.2) is 44.7 Å². The molecule has 3 aromatic rings. The second-order valence-electron chi connectivity index (χ2n) is 7.09. The Balaban J connectivity index is 1.58. The SMILES string of the molecule is O=C(c1ccc(-n2cccn2)cc1)N(Cc1ccccn1)C1CCCNCC1. The first-order valence-electron chi connectivity index (χ1n) is 9.83. The van der Waals surface area contributed by atoms with Gasteiger partial charge in [0.2, 0.25) is 0 Å². The molecule has 6 nitrogen and oxygen atoms in total. The zero-order valence-electron chi connectivity index (χ0n) is 15.9. The fourth-order valence-electron chi connectivity index (χ4n) is 3.69. The fourth-order valence-corrected chi connectivity index (χ4v) is 3.69. The van der Waals surface area contributed by atoms with Gasteiger partial charge < -0.3 is 10.2 Å². The lowest BCUT2D eigenvalue weighted by atomic mass is 10.0. The average molecular weight is 375 g/mol. The van der Waals surface area contributed by atoms with E-state index in [2.05, 4.69) is 15.4 Å². The molecule has 3 heterocycles. The fraction of sp³-hybridized carbons (Fsp3) is 0.318. The largest absolute Gasteiger partial charge is 0.330 e. The second kappa shape index (κ2) is 8.80. The number of carbonyl (C=O) groups excluding carboxylic acids is 1. The van der Waals surface area contributed by atoms with Crippen LogP contribution in [-0.2, 0) is 6.54 Å². The minimum absolute atomic E-state index is 0.0598. The van der Waals surface area contributed by atoms with Crippen LogP contribution in [0.1, 0.15) is 35.3 Å². The Kier molecular flexibility index (Phi) is 5.77. The van der Waals surface area contributed by atoms with Gasteiger partial charge in [-0.2, -0.15) is 5.10 Å². The number of aromatic nitrogens is 3. The average Bonchev–Trinajstić information content (AvgIpc) is 3.15. The molecule has 28 heavy (non-hydrogen) atoms. The minimum atomic E-state index is 0.0598. The van der Waals surface area contributed by atoms with Crippen LogP contribution in [0.4, 0.5) is 0 Å². The molecule has 1 amide bonds. The molecule has 2 aromatic heterocycles. The summed E-state index contributed by atoms with van der Waals surface area (Å²) < 4.78 is 1.79. The zero-order valence-corrected chi connectivity index (χ0v) is 15.9. The van der Waals surface area contributed by atoms with Gasteiger partial charge in [-0.1, -0.05) is 6.07 Å². The maximum atomic E-state index is 13.4. The lowest BCUT2D eigenvalue weighted by molar-refractivity contribution is 0.0642. The van der Waals surface area contributed by atoms with Gasteiger partial charge in [-0.05, 0) is 74.8 Å². The van der Waals surface area contributed by atoms with E-state index in [4.69, 9.17) is 0 Å². The van der Waals surface area contributed by atoms with E-state index in [0.29, 0.717) is 12.1 Å². The number of carbonyl (C=O) groups is 1. The van der Waals surface area contributed by atoms with Gasteiger partial charge in [0.05, 0.1) is 17.9 Å². The van der Waals surface area contributed by atoms with Crippen molar-refractivity contribution in [1.82, 2.24) is 25.0 Å². The summed E-state index contributed by atoms with van der Waals surface area (Å²) in [7, 11) is 0. The summed E-state index contributed by atoms with van der Waals surface area (Å²) in [6.45, 7) is 2.49. The van der Waals surface area contributed by atoms with Crippen LogP contribution in [0.3, 0.4) is 0 Å². The molecule has 1 aliphatic heterocycles. The Morgan fingerprint density at radius 3 is 2.71 bits per heavy atom. The summed E-state index contributed by atoms with van der Waals surface area (Å²) in [4.78, 5) is 19.9. The molecule has 0 bridgehead atoms. The van der Waals surface area contributed by atoms with Gasteiger partial charge in [0, 0.05) is 30.2 Å². The van der Waals surface area contributed by atoms with Crippen molar-refractivity contribution in [2.24, 2.45) is 0 Å². The number of hydrogen-bond acceptors (Lipinski definition) is 4. The van der Waals surface area contributed by atoms with Crippen molar-refractivity contribution in [1.29, 1.82) is 0 Å². The van der Waals surface area contributed by atoms with E-state index in [1.807, 2.05) is 59.6 Å². The molecule has 1 N–H and O–H groups in total. The summed E-state index contributed by atoms with van der Waals surface area (Å²) in [6.07, 6.45) is 8.47. The van der Waals surface area contributed by atoms with Gasteiger partial charge in [-0.25, -0.2) is 4.68 Å². The summed E-state index contributed by atoms with van der Waals surface area (Å²) in [5, 5.41) is 7.68. The molecule has 0 aliphatic carbocycles. The Bertz CT molecular complexity index is 869. The maximum Gasteiger partial charge on any atom is 0.254 e. The first kappa shape index (κ1) is 18.4. The van der Waals surface area contributed by atoms with Crippen LogP contribution >= 0.6 is 0 Å². The Hall–Kier alpha value is -2.99. The van der Waals surface area contributed by atoms with Crippen molar-refractivity contribution in [3.8, 4) is 5.69 Å². The van der Waals surface area contributed by atoms with E-state index < -0.39 is 0 Å². The predicted octanol–water partition coefficient (Wildman–Crippen LogP) is 3.05. The number of nitrogens with zero attached hydrogens (tertiary/aromatic N) is 4. The number of amides is 1. The molecule has 144 valence electrons. The van der Waals surface area contributed by atoms with E-state index in [0.717, 1.165) is 43.7 Å². The van der Waals surface area contributed by atoms with Gasteiger partial charge in [0.25, 0.3) is 5.91 Å². The molecule has 1 aliphatic rings. The highest BCUT2D eigenvalue weighted by atomic mass is 16.2. The van der Waals surface area contributed by atoms with Gasteiger partial charge in [-0.3, -0.25) is 9.78 Å². The molecule has 6 heteroatoms. The third kappa shape index (κ3) is 4.28. The van der Waals surface area contributed by atoms with E-state index in [-0.39, 0.29) is 11.9 Å². The van der Waals surface area contributed by atoms with Crippen molar-refractivity contribution >= 4 is 5.91 Å². The number of benzene rings is 1. The molecule has 1 aromatic carbocycles. The lowest BCUT2D eigenvalue weighted by Gasteiger charge is -2.31. The third-order valence-electron chi connectivity index (χ3n) is 5.19. The Morgan fingerprint density at radius 1 is 1.07 bits per heavy atom. The summed E-state index contributed by atoms with van der Waals surface area (Å²) in [5.41, 5.74) is 2.56. The van der Waals surface area contributed by atoms with E-state index >= 15 is 0 Å². The molecule has 1 saturated heterocycles. The first-order valence-corrected chi connectivity index (χ1v) is 9.83. The van der Waals surface area contributed by atoms with Crippen LogP contribution in [0.25, 0.3) is 5.69 Å². The number of nitrogens with one attached hydrogen (secondary N) is 1. The number of rotatable bonds is 5. The molecule has 1 unspecified atom stereocenters. The molecule has 0 saturated carbocycles. The molecule has 1 fully saturated rings. The van der Waals surface area contributed by atoms with Crippen LogP contribution < -0.4 is 5.32 Å². The zero-order chi connectivity index (χ0) is 19.2. The lowest BCUT2D eigenvalue weighted by Crippen LogP contribution is -2.40. The highest BCUT2D eigenvalue weighted by Crippen LogP contribution is 2.20. The smallest absolute Gasteiger partial charge is 0.254 e. The van der Waals surface area contributed by atoms with Crippen molar-refractivity contribution < 1.29 is 4.79 Å². The summed E-state index contributed by atoms with van der Waals surface area (Å²) in [6, 6.07) is 15.6. The molecule has 0 spiro atoms. The molecule has 0 radical (unpaired) electrons. The quantitative estimate of drug-likeness (QED) is 0.744. The minimum Gasteiger partial charge on any atom is -0.330 e. The van der Waals surface area contributed by atoms with Gasteiger partial charge >= 0.3 is 0 Å². The standard InChI is InChI=1S/C22H25N5O/c28-22(18-7-9-21(10-8-18)27-16-4-14-25-27)26(17-19-5-1-2-13-24-19)20-6-3-12-23-15-11-20/h1-2,4-5,7-10,13-14,16,20,23H,3,6,11-12,15,17H2. The molecule has 1 atom stereocenters. The van der Waals surface area contributed by atoms with Crippen molar-refractivity contribution in [2.75, 3.05) is 13.1 Å². The normalized spacial score (nSPS) is 17.1. The molecular formula is C22H25N5O. The predicted molar refractivity (Wildman–Crippen MR) is 108 cm³/mol. The highest BCUT2D eigenvalue weighted by molar-refractivity contribution is 5.94. The molecule has 4 rings (SSSR count). The van der Waals surface area contributed by atoms with E-state index in [1.54, 1.807) is 17.1 Å². The van der Waals surface area contributed by atoms with Crippen LogP contribution in [0, 0.1) is 0 Å². The number of hydrogen-bond donors (Lipinski definition) is 1. The van der Waals surface area contributed by atoms with Crippen molar-refractivity contribution in [3.05, 3.63) is 78.4 Å². The Morgan fingerprint density at radius 2 is 1.96 bits per heavy atom. The van der Waals surface area contributed by atoms with Crippen LogP contribution in [0.15, 0.2) is 67.1 Å². The summed E-state index contributed by atoms with van der Waals surface area (Å²) in [5.74, 6) is 0.0598. The van der Waals surface area contributed by atoms with Crippen molar-refractivity contribution in [3.63, 3.8) is 0 Å². The van der Waals surface area contributed by atoms with Gasteiger partial charge in [-0.15, -0.1) is 0 Å². The summed E-state index contributed by atoms with van der Waals surface area (Å²) >= 11 is 0. The van der Waals surface area contributed by atoms with E-state index in [9.17, 15) is 4.79 Å². The third-order valence-corrected chi connectivity index (χ3v) is 5.19. The topological polar surface area (TPSA) is 63.1 Å². The highest BCUT2D eigenvalue weighted by Gasteiger charge is 2.26.